The maximum Gasteiger partial charge on any atom is 0.225 e. The van der Waals surface area contributed by atoms with E-state index >= 15 is 0 Å². The third kappa shape index (κ3) is 4.51. The fraction of sp³-hybridized carbons (Fsp3) is 0.357. The van der Waals surface area contributed by atoms with Crippen molar-refractivity contribution in [2.75, 3.05) is 25.1 Å². The summed E-state index contributed by atoms with van der Waals surface area (Å²) in [5.74, 6) is 1.43. The molecule has 3 heterocycles. The Labute approximate surface area is 211 Å². The highest BCUT2D eigenvalue weighted by molar-refractivity contribution is 5.92. The van der Waals surface area contributed by atoms with Gasteiger partial charge in [-0.15, -0.1) is 5.10 Å². The van der Waals surface area contributed by atoms with Crippen molar-refractivity contribution >= 4 is 22.6 Å². The topological polar surface area (TPSA) is 85.2 Å². The second-order valence-electron chi connectivity index (χ2n) is 9.48. The minimum atomic E-state index is -0.133. The number of para-hydroxylation sites is 1. The molecule has 36 heavy (non-hydrogen) atoms. The number of nitrogens with zero attached hydrogens (tertiary/aromatic N) is 5. The summed E-state index contributed by atoms with van der Waals surface area (Å²) in [7, 11) is 1.64. The molecule has 1 amide bonds. The summed E-state index contributed by atoms with van der Waals surface area (Å²) < 4.78 is 7.38. The molecule has 0 aliphatic carbocycles. The largest absolute Gasteiger partial charge is 0.496 e. The van der Waals surface area contributed by atoms with E-state index in [0.717, 1.165) is 64.5 Å². The first kappa shape index (κ1) is 23.8. The van der Waals surface area contributed by atoms with Gasteiger partial charge in [0.2, 0.25) is 5.91 Å². The highest BCUT2D eigenvalue weighted by atomic mass is 16.5. The second-order valence-corrected chi connectivity index (χ2v) is 9.48. The first-order valence-electron chi connectivity index (χ1n) is 12.4. The molecule has 4 aromatic rings. The lowest BCUT2D eigenvalue weighted by Crippen LogP contribution is -2.43. The number of benzene rings is 2. The number of piperidine rings is 1. The van der Waals surface area contributed by atoms with Gasteiger partial charge in [0.25, 0.3) is 0 Å². The quantitative estimate of drug-likeness (QED) is 0.440. The maximum absolute atomic E-state index is 13.1. The van der Waals surface area contributed by atoms with Crippen LogP contribution in [-0.4, -0.2) is 46.1 Å². The molecule has 5 rings (SSSR count). The number of carbonyl (C=O) groups excluding carboxylic acids is 1. The number of nitrogens with one attached hydrogen (secondary N) is 1. The van der Waals surface area contributed by atoms with Crippen LogP contribution < -0.4 is 15.0 Å². The van der Waals surface area contributed by atoms with E-state index in [1.54, 1.807) is 7.11 Å². The standard InChI is InChI=1S/C28H32N6O2/c1-18-11-13-23(14-12-18)34-20(3)25-19(2)30-31-27(26(25)32-34)33-15-7-9-22(17-33)28(35)29-16-21-8-5-6-10-24(21)36-4/h5-6,8,10-14,22H,7,9,15-17H2,1-4H3,(H,29,35)/t22-/m0/s1. The summed E-state index contributed by atoms with van der Waals surface area (Å²) in [6.07, 6.45) is 1.75. The van der Waals surface area contributed by atoms with E-state index in [2.05, 4.69) is 58.5 Å². The molecule has 0 spiro atoms. The van der Waals surface area contributed by atoms with E-state index in [4.69, 9.17) is 9.84 Å². The first-order valence-corrected chi connectivity index (χ1v) is 12.4. The Morgan fingerprint density at radius 1 is 1.08 bits per heavy atom. The molecule has 2 aromatic carbocycles. The molecule has 1 aliphatic heterocycles. The Balaban J connectivity index is 1.39. The van der Waals surface area contributed by atoms with Gasteiger partial charge in [-0.05, 0) is 51.8 Å². The van der Waals surface area contributed by atoms with Gasteiger partial charge in [-0.1, -0.05) is 35.9 Å². The Kier molecular flexibility index (Phi) is 6.59. The van der Waals surface area contributed by atoms with Crippen LogP contribution >= 0.6 is 0 Å². The Bertz CT molecular complexity index is 1400. The number of aryl methyl sites for hydroxylation is 3. The maximum atomic E-state index is 13.1. The van der Waals surface area contributed by atoms with E-state index in [1.165, 1.54) is 5.56 Å². The number of anilines is 1. The smallest absolute Gasteiger partial charge is 0.225 e. The van der Waals surface area contributed by atoms with Crippen LogP contribution in [0.2, 0.25) is 0 Å². The molecular weight excluding hydrogens is 452 g/mol. The van der Waals surface area contributed by atoms with Crippen LogP contribution in [0.1, 0.15) is 35.4 Å². The lowest BCUT2D eigenvalue weighted by molar-refractivity contribution is -0.125. The van der Waals surface area contributed by atoms with Gasteiger partial charge in [-0.3, -0.25) is 4.79 Å². The molecule has 1 aliphatic rings. The summed E-state index contributed by atoms with van der Waals surface area (Å²) in [5.41, 5.74) is 5.89. The van der Waals surface area contributed by atoms with Crippen molar-refractivity contribution in [2.24, 2.45) is 5.92 Å². The van der Waals surface area contributed by atoms with Crippen molar-refractivity contribution in [2.45, 2.75) is 40.2 Å². The molecule has 8 nitrogen and oxygen atoms in total. The zero-order chi connectivity index (χ0) is 25.2. The van der Waals surface area contributed by atoms with Crippen LogP contribution in [-0.2, 0) is 11.3 Å². The molecule has 1 atom stereocenters. The van der Waals surface area contributed by atoms with Crippen LogP contribution in [0.25, 0.3) is 16.6 Å². The SMILES string of the molecule is COc1ccccc1CNC(=O)[C@H]1CCCN(c2nnc(C)c3c(C)n(-c4ccc(C)cc4)nc23)C1. The summed E-state index contributed by atoms with van der Waals surface area (Å²) >= 11 is 0. The molecule has 1 saturated heterocycles. The lowest BCUT2D eigenvalue weighted by Gasteiger charge is -2.32. The molecule has 8 heteroatoms. The zero-order valence-electron chi connectivity index (χ0n) is 21.3. The van der Waals surface area contributed by atoms with Gasteiger partial charge >= 0.3 is 0 Å². The second kappa shape index (κ2) is 9.97. The highest BCUT2D eigenvalue weighted by Crippen LogP contribution is 2.31. The fourth-order valence-electron chi connectivity index (χ4n) is 5.02. The van der Waals surface area contributed by atoms with Crippen LogP contribution in [0.4, 0.5) is 5.82 Å². The van der Waals surface area contributed by atoms with Gasteiger partial charge in [0.1, 0.15) is 11.3 Å². The van der Waals surface area contributed by atoms with E-state index in [-0.39, 0.29) is 11.8 Å². The van der Waals surface area contributed by atoms with Crippen molar-refractivity contribution in [1.82, 2.24) is 25.3 Å². The molecule has 0 unspecified atom stereocenters. The Hall–Kier alpha value is -3.94. The molecule has 0 radical (unpaired) electrons. The van der Waals surface area contributed by atoms with Gasteiger partial charge in [-0.2, -0.15) is 10.2 Å². The number of methoxy groups -OCH3 is 1. The van der Waals surface area contributed by atoms with E-state index in [9.17, 15) is 4.79 Å². The molecule has 2 aromatic heterocycles. The molecule has 1 N–H and O–H groups in total. The minimum Gasteiger partial charge on any atom is -0.496 e. The normalized spacial score (nSPS) is 15.8. The van der Waals surface area contributed by atoms with E-state index in [1.807, 2.05) is 35.9 Å². The van der Waals surface area contributed by atoms with Crippen molar-refractivity contribution in [3.63, 3.8) is 0 Å². The van der Waals surface area contributed by atoms with Gasteiger partial charge in [0, 0.05) is 25.2 Å². The number of fused-ring (bicyclic) bond motifs is 1. The fourth-order valence-corrected chi connectivity index (χ4v) is 5.02. The number of carbonyl (C=O) groups is 1. The number of rotatable bonds is 6. The molecule has 0 bridgehead atoms. The summed E-state index contributed by atoms with van der Waals surface area (Å²) in [6, 6.07) is 16.1. The number of hydrogen-bond donors (Lipinski definition) is 1. The van der Waals surface area contributed by atoms with E-state index in [0.29, 0.717) is 13.1 Å². The number of aromatic nitrogens is 4. The number of ether oxygens (including phenoxy) is 1. The molecule has 0 saturated carbocycles. The summed E-state index contributed by atoms with van der Waals surface area (Å²) in [5, 5.41) is 18.1. The summed E-state index contributed by atoms with van der Waals surface area (Å²) in [6.45, 7) is 7.95. The van der Waals surface area contributed by atoms with Crippen molar-refractivity contribution < 1.29 is 9.53 Å². The average molecular weight is 485 g/mol. The third-order valence-electron chi connectivity index (χ3n) is 7.00. The number of hydrogen-bond acceptors (Lipinski definition) is 6. The van der Waals surface area contributed by atoms with Crippen LogP contribution in [0.3, 0.4) is 0 Å². The predicted molar refractivity (Wildman–Crippen MR) is 141 cm³/mol. The highest BCUT2D eigenvalue weighted by Gasteiger charge is 2.29. The average Bonchev–Trinajstić information content (AvgIpc) is 3.26. The summed E-state index contributed by atoms with van der Waals surface area (Å²) in [4.78, 5) is 15.3. The number of amides is 1. The Morgan fingerprint density at radius 2 is 1.86 bits per heavy atom. The Morgan fingerprint density at radius 3 is 2.64 bits per heavy atom. The molecule has 186 valence electrons. The zero-order valence-corrected chi connectivity index (χ0v) is 21.3. The molecular formula is C28H32N6O2. The van der Waals surface area contributed by atoms with Crippen molar-refractivity contribution in [3.05, 3.63) is 71.0 Å². The van der Waals surface area contributed by atoms with Gasteiger partial charge in [0.15, 0.2) is 5.82 Å². The van der Waals surface area contributed by atoms with Gasteiger partial charge in [0.05, 0.1) is 35.5 Å². The lowest BCUT2D eigenvalue weighted by atomic mass is 9.97. The van der Waals surface area contributed by atoms with Crippen molar-refractivity contribution in [1.29, 1.82) is 0 Å². The van der Waals surface area contributed by atoms with Crippen molar-refractivity contribution in [3.8, 4) is 11.4 Å². The van der Waals surface area contributed by atoms with Crippen LogP contribution in [0.15, 0.2) is 48.5 Å². The minimum absolute atomic E-state index is 0.0447. The van der Waals surface area contributed by atoms with Gasteiger partial charge < -0.3 is 15.0 Å². The van der Waals surface area contributed by atoms with Crippen LogP contribution in [0.5, 0.6) is 5.75 Å². The monoisotopic (exact) mass is 484 g/mol. The van der Waals surface area contributed by atoms with Crippen LogP contribution in [0, 0.1) is 26.7 Å². The third-order valence-corrected chi connectivity index (χ3v) is 7.00. The van der Waals surface area contributed by atoms with E-state index < -0.39 is 0 Å². The van der Waals surface area contributed by atoms with Gasteiger partial charge in [-0.25, -0.2) is 4.68 Å². The predicted octanol–water partition coefficient (Wildman–Crippen LogP) is 4.28. The molecule has 1 fully saturated rings. The first-order chi connectivity index (χ1) is 17.5.